The highest BCUT2D eigenvalue weighted by molar-refractivity contribution is 5.97. The molecule has 8 heteroatoms. The van der Waals surface area contributed by atoms with Crippen LogP contribution in [0.15, 0.2) is 36.8 Å². The van der Waals surface area contributed by atoms with Crippen LogP contribution in [0.3, 0.4) is 0 Å². The molecule has 0 unspecified atom stereocenters. The summed E-state index contributed by atoms with van der Waals surface area (Å²) in [4.78, 5) is 16.8. The molecule has 4 rings (SSSR count). The lowest BCUT2D eigenvalue weighted by Crippen LogP contribution is -2.26. The van der Waals surface area contributed by atoms with Gasteiger partial charge in [-0.05, 0) is 48.9 Å². The Morgan fingerprint density at radius 3 is 2.71 bits per heavy atom. The van der Waals surface area contributed by atoms with Crippen molar-refractivity contribution in [3.05, 3.63) is 53.5 Å². The molecule has 0 aliphatic heterocycles. The Hall–Kier alpha value is -3.03. The molecule has 1 fully saturated rings. The molecule has 3 aromatic rings. The lowest BCUT2D eigenvalue weighted by molar-refractivity contribution is -0.131. The lowest BCUT2D eigenvalue weighted by Gasteiger charge is -2.19. The summed E-state index contributed by atoms with van der Waals surface area (Å²) in [5.41, 5.74) is 5.22. The van der Waals surface area contributed by atoms with E-state index in [2.05, 4.69) is 15.6 Å². The maximum Gasteiger partial charge on any atom is 0.390 e. The van der Waals surface area contributed by atoms with Crippen molar-refractivity contribution in [3.8, 4) is 11.1 Å². The fourth-order valence-corrected chi connectivity index (χ4v) is 3.77. The highest BCUT2D eigenvalue weighted by Crippen LogP contribution is 2.36. The number of fused-ring (bicyclic) bond motifs is 1. The number of benzene rings is 1. The number of hydrogen-bond acceptors (Lipinski definition) is 3. The molecule has 31 heavy (non-hydrogen) atoms. The largest absolute Gasteiger partial charge is 0.390 e. The van der Waals surface area contributed by atoms with Gasteiger partial charge >= 0.3 is 6.18 Å². The van der Waals surface area contributed by atoms with E-state index in [-0.39, 0.29) is 18.5 Å². The number of imidazole rings is 1. The number of hydrogen-bond donors (Lipinski definition) is 2. The van der Waals surface area contributed by atoms with Crippen molar-refractivity contribution in [1.29, 1.82) is 0 Å². The highest BCUT2D eigenvalue weighted by Gasteiger charge is 2.27. The molecule has 2 aromatic heterocycles. The van der Waals surface area contributed by atoms with Crippen LogP contribution in [0.4, 0.5) is 18.9 Å². The summed E-state index contributed by atoms with van der Waals surface area (Å²) in [7, 11) is 0. The number of amides is 1. The number of halogens is 3. The molecule has 0 saturated heterocycles. The van der Waals surface area contributed by atoms with E-state index in [1.807, 2.05) is 36.6 Å². The van der Waals surface area contributed by atoms with Gasteiger partial charge in [0.25, 0.3) is 5.91 Å². The summed E-state index contributed by atoms with van der Waals surface area (Å²) in [6.45, 7) is 3.64. The Balaban J connectivity index is 1.75. The standard InChI is InChI=1S/C23H25F3N4O/c1-3-15-13-30-11-10-28-21(30)20(27-9-8-23(24,25)26)19(15)16-4-7-18(14(2)12-16)22(31)29-17-5-6-17/h4,7,10-13,17,27H,3,5-6,8-9H2,1-2H3,(H,29,31). The van der Waals surface area contributed by atoms with E-state index in [1.165, 1.54) is 0 Å². The number of alkyl halides is 3. The van der Waals surface area contributed by atoms with E-state index in [1.54, 1.807) is 18.5 Å². The van der Waals surface area contributed by atoms with Crippen LogP contribution < -0.4 is 10.6 Å². The second-order valence-corrected chi connectivity index (χ2v) is 7.99. The summed E-state index contributed by atoms with van der Waals surface area (Å²) in [6.07, 6.45) is 2.91. The first-order chi connectivity index (χ1) is 14.8. The van der Waals surface area contributed by atoms with Gasteiger partial charge < -0.3 is 15.0 Å². The average Bonchev–Trinajstić information content (AvgIpc) is 3.39. The normalized spacial score (nSPS) is 14.1. The predicted molar refractivity (Wildman–Crippen MR) is 114 cm³/mol. The summed E-state index contributed by atoms with van der Waals surface area (Å²) in [6, 6.07) is 5.84. The maximum absolute atomic E-state index is 12.8. The van der Waals surface area contributed by atoms with Gasteiger partial charge in [0.05, 0.1) is 12.1 Å². The van der Waals surface area contributed by atoms with E-state index < -0.39 is 12.6 Å². The lowest BCUT2D eigenvalue weighted by atomic mass is 9.94. The van der Waals surface area contributed by atoms with E-state index in [0.717, 1.165) is 35.1 Å². The first kappa shape index (κ1) is 21.2. The van der Waals surface area contributed by atoms with Gasteiger partial charge in [-0.15, -0.1) is 0 Å². The van der Waals surface area contributed by atoms with Crippen molar-refractivity contribution >= 4 is 17.2 Å². The minimum Gasteiger partial charge on any atom is -0.381 e. The van der Waals surface area contributed by atoms with Gasteiger partial charge in [0, 0.05) is 42.3 Å². The number of anilines is 1. The monoisotopic (exact) mass is 430 g/mol. The van der Waals surface area contributed by atoms with Crippen molar-refractivity contribution in [1.82, 2.24) is 14.7 Å². The molecule has 5 nitrogen and oxygen atoms in total. The van der Waals surface area contributed by atoms with Gasteiger partial charge in [-0.3, -0.25) is 4.79 Å². The van der Waals surface area contributed by atoms with Crippen LogP contribution in [-0.2, 0) is 6.42 Å². The number of nitrogens with zero attached hydrogens (tertiary/aromatic N) is 2. The molecule has 0 bridgehead atoms. The van der Waals surface area contributed by atoms with Gasteiger partial charge in [0.1, 0.15) is 0 Å². The molecule has 0 spiro atoms. The molecule has 0 radical (unpaired) electrons. The number of pyridine rings is 1. The van der Waals surface area contributed by atoms with E-state index in [9.17, 15) is 18.0 Å². The summed E-state index contributed by atoms with van der Waals surface area (Å²) in [5, 5.41) is 5.98. The van der Waals surface area contributed by atoms with Crippen LogP contribution in [-0.4, -0.2) is 34.1 Å². The molecule has 164 valence electrons. The number of rotatable bonds is 7. The fraction of sp³-hybridized carbons (Fsp3) is 0.391. The van der Waals surface area contributed by atoms with E-state index in [4.69, 9.17) is 0 Å². The zero-order valence-electron chi connectivity index (χ0n) is 17.5. The first-order valence-corrected chi connectivity index (χ1v) is 10.5. The molecule has 2 heterocycles. The second-order valence-electron chi connectivity index (χ2n) is 7.99. The van der Waals surface area contributed by atoms with Crippen molar-refractivity contribution in [2.24, 2.45) is 0 Å². The fourth-order valence-electron chi connectivity index (χ4n) is 3.77. The number of carbonyl (C=O) groups is 1. The van der Waals surface area contributed by atoms with Gasteiger partial charge in [0.2, 0.25) is 0 Å². The van der Waals surface area contributed by atoms with Crippen molar-refractivity contribution in [2.75, 3.05) is 11.9 Å². The maximum atomic E-state index is 12.8. The Kier molecular flexibility index (Phi) is 5.64. The van der Waals surface area contributed by atoms with Gasteiger partial charge in [-0.2, -0.15) is 13.2 Å². The Bertz CT molecular complexity index is 1120. The smallest absolute Gasteiger partial charge is 0.381 e. The van der Waals surface area contributed by atoms with Crippen molar-refractivity contribution < 1.29 is 18.0 Å². The Morgan fingerprint density at radius 1 is 1.29 bits per heavy atom. The second kappa shape index (κ2) is 8.24. The number of carbonyl (C=O) groups excluding carboxylic acids is 1. The quantitative estimate of drug-likeness (QED) is 0.546. The third kappa shape index (κ3) is 4.68. The molecule has 1 amide bonds. The molecule has 1 saturated carbocycles. The van der Waals surface area contributed by atoms with Crippen LogP contribution in [0.25, 0.3) is 16.8 Å². The first-order valence-electron chi connectivity index (χ1n) is 10.5. The molecular formula is C23H25F3N4O. The van der Waals surface area contributed by atoms with Crippen LogP contribution in [0.1, 0.15) is 47.7 Å². The molecule has 1 aliphatic rings. The molecule has 1 aliphatic carbocycles. The average molecular weight is 430 g/mol. The zero-order valence-corrected chi connectivity index (χ0v) is 17.5. The minimum atomic E-state index is -4.24. The van der Waals surface area contributed by atoms with Crippen LogP contribution in [0, 0.1) is 6.92 Å². The summed E-state index contributed by atoms with van der Waals surface area (Å²) >= 11 is 0. The van der Waals surface area contributed by atoms with E-state index in [0.29, 0.717) is 23.3 Å². The molecule has 0 atom stereocenters. The number of nitrogens with one attached hydrogen (secondary N) is 2. The molecule has 2 N–H and O–H groups in total. The van der Waals surface area contributed by atoms with Gasteiger partial charge in [-0.1, -0.05) is 19.1 Å². The van der Waals surface area contributed by atoms with Crippen LogP contribution >= 0.6 is 0 Å². The Morgan fingerprint density at radius 2 is 2.06 bits per heavy atom. The molecule has 1 aromatic carbocycles. The van der Waals surface area contributed by atoms with Crippen LogP contribution in [0.2, 0.25) is 0 Å². The predicted octanol–water partition coefficient (Wildman–Crippen LogP) is 5.13. The number of aromatic nitrogens is 2. The number of aryl methyl sites for hydroxylation is 2. The zero-order chi connectivity index (χ0) is 22.2. The summed E-state index contributed by atoms with van der Waals surface area (Å²) in [5.74, 6) is -0.0884. The Labute approximate surface area is 178 Å². The molecular weight excluding hydrogens is 405 g/mol. The van der Waals surface area contributed by atoms with Gasteiger partial charge in [0.15, 0.2) is 5.65 Å². The third-order valence-electron chi connectivity index (χ3n) is 5.52. The van der Waals surface area contributed by atoms with Crippen LogP contribution in [0.5, 0.6) is 0 Å². The minimum absolute atomic E-state index is 0.0884. The van der Waals surface area contributed by atoms with Crippen molar-refractivity contribution in [3.63, 3.8) is 0 Å². The SMILES string of the molecule is CCc1cn2ccnc2c(NCCC(F)(F)F)c1-c1ccc(C(=O)NC2CC2)c(C)c1. The van der Waals surface area contributed by atoms with Crippen molar-refractivity contribution in [2.45, 2.75) is 51.7 Å². The van der Waals surface area contributed by atoms with E-state index >= 15 is 0 Å². The topological polar surface area (TPSA) is 58.4 Å². The van der Waals surface area contributed by atoms with Gasteiger partial charge in [-0.25, -0.2) is 4.98 Å². The summed E-state index contributed by atoms with van der Waals surface area (Å²) < 4.78 is 40.1. The highest BCUT2D eigenvalue weighted by atomic mass is 19.4. The third-order valence-corrected chi connectivity index (χ3v) is 5.52.